The fraction of sp³-hybridized carbons (Fsp3) is 0. The molecule has 0 aliphatic rings. The predicted octanol–water partition coefficient (Wildman–Crippen LogP) is -0.0125. The van der Waals surface area contributed by atoms with Gasteiger partial charge in [0.2, 0.25) is 0 Å². The molecule has 5 heavy (non-hydrogen) atoms. The Labute approximate surface area is 85.2 Å². The van der Waals surface area contributed by atoms with E-state index in [1.54, 1.807) is 0 Å². The molecule has 0 saturated carbocycles. The topological polar surface area (TPSA) is 0 Å². The molecular formula is Cr3Cu2. The van der Waals surface area contributed by atoms with Crippen LogP contribution in [-0.2, 0) is 86.2 Å². The molecule has 0 spiro atoms. The monoisotopic (exact) mass is 282 g/mol. The Morgan fingerprint density at radius 1 is 0.400 bits per heavy atom. The van der Waals surface area contributed by atoms with E-state index in [2.05, 4.69) is 0 Å². The molecule has 0 N–H and O–H groups in total. The molecule has 40 valence electrons. The zero-order valence-electron chi connectivity index (χ0n) is 1.83. The molecular weight excluding hydrogens is 283 g/mol. The van der Waals surface area contributed by atoms with Crippen molar-refractivity contribution < 1.29 is 86.2 Å². The Morgan fingerprint density at radius 3 is 0.400 bits per heavy atom. The van der Waals surface area contributed by atoms with Gasteiger partial charge in [0.05, 0.1) is 0 Å². The molecule has 0 heterocycles. The first kappa shape index (κ1) is 48.4. The molecule has 0 atom stereocenters. The van der Waals surface area contributed by atoms with Crippen molar-refractivity contribution in [2.75, 3.05) is 0 Å². The van der Waals surface area contributed by atoms with Crippen molar-refractivity contribution in [3.8, 4) is 0 Å². The van der Waals surface area contributed by atoms with Crippen LogP contribution in [0, 0.1) is 0 Å². The van der Waals surface area contributed by atoms with Crippen LogP contribution in [0.1, 0.15) is 0 Å². The van der Waals surface area contributed by atoms with Crippen LogP contribution in [0.3, 0.4) is 0 Å². The van der Waals surface area contributed by atoms with Gasteiger partial charge in [-0.3, -0.25) is 0 Å². The molecule has 0 aromatic carbocycles. The first-order chi connectivity index (χ1) is 0. The second kappa shape index (κ2) is 30.3. The minimum Gasteiger partial charge on any atom is 0 e. The second-order valence-corrected chi connectivity index (χ2v) is 0. The van der Waals surface area contributed by atoms with E-state index in [-0.39, 0.29) is 86.2 Å². The van der Waals surface area contributed by atoms with E-state index in [9.17, 15) is 0 Å². The van der Waals surface area contributed by atoms with Gasteiger partial charge in [-0.15, -0.1) is 0 Å². The summed E-state index contributed by atoms with van der Waals surface area (Å²) in [6.45, 7) is 0. The molecule has 0 aliphatic heterocycles. The Kier molecular flexibility index (Phi) is 294. The second-order valence-electron chi connectivity index (χ2n) is 0. The molecule has 0 amide bonds. The van der Waals surface area contributed by atoms with Gasteiger partial charge in [-0.25, -0.2) is 0 Å². The molecule has 2 radical (unpaired) electrons. The van der Waals surface area contributed by atoms with Crippen LogP contribution in [-0.4, -0.2) is 0 Å². The molecule has 0 aromatic rings. The zero-order valence-corrected chi connectivity index (χ0v) is 7.54. The summed E-state index contributed by atoms with van der Waals surface area (Å²) in [4.78, 5) is 0. The normalized spacial score (nSPS) is 0. The van der Waals surface area contributed by atoms with Crippen LogP contribution in [0.25, 0.3) is 0 Å². The van der Waals surface area contributed by atoms with Crippen LogP contribution in [0.2, 0.25) is 0 Å². The van der Waals surface area contributed by atoms with Crippen molar-refractivity contribution in [3.05, 3.63) is 0 Å². The Morgan fingerprint density at radius 2 is 0.400 bits per heavy atom. The van der Waals surface area contributed by atoms with E-state index in [0.717, 1.165) is 0 Å². The summed E-state index contributed by atoms with van der Waals surface area (Å²) in [6.07, 6.45) is 0. The third-order valence-corrected chi connectivity index (χ3v) is 0. The zero-order chi connectivity index (χ0) is 0. The predicted molar refractivity (Wildman–Crippen MR) is 0 cm³/mol. The van der Waals surface area contributed by atoms with E-state index in [1.165, 1.54) is 0 Å². The average Bonchev–Trinajstić information content (AvgIpc) is 0. The van der Waals surface area contributed by atoms with Gasteiger partial charge in [-0.05, 0) is 0 Å². The van der Waals surface area contributed by atoms with Crippen molar-refractivity contribution in [3.63, 3.8) is 0 Å². The largest absolute Gasteiger partial charge is 0 e. The van der Waals surface area contributed by atoms with Crippen molar-refractivity contribution in [2.45, 2.75) is 0 Å². The van der Waals surface area contributed by atoms with Gasteiger partial charge in [0.25, 0.3) is 0 Å². The third-order valence-electron chi connectivity index (χ3n) is 0. The molecule has 0 aromatic heterocycles. The summed E-state index contributed by atoms with van der Waals surface area (Å²) in [6, 6.07) is 0. The summed E-state index contributed by atoms with van der Waals surface area (Å²) in [5.41, 5.74) is 0. The van der Waals surface area contributed by atoms with Crippen LogP contribution in [0.5, 0.6) is 0 Å². The van der Waals surface area contributed by atoms with E-state index in [1.807, 2.05) is 0 Å². The first-order valence-electron chi connectivity index (χ1n) is 0. The summed E-state index contributed by atoms with van der Waals surface area (Å²) < 4.78 is 0. The molecule has 0 unspecified atom stereocenters. The Balaban J connectivity index is 0. The number of hydrogen-bond acceptors (Lipinski definition) is 0. The maximum Gasteiger partial charge on any atom is 0 e. The smallest absolute Gasteiger partial charge is 0 e. The van der Waals surface area contributed by atoms with Crippen LogP contribution >= 0.6 is 0 Å². The van der Waals surface area contributed by atoms with Crippen LogP contribution in [0.15, 0.2) is 0 Å². The molecule has 0 fully saturated rings. The summed E-state index contributed by atoms with van der Waals surface area (Å²) >= 11 is 0. The van der Waals surface area contributed by atoms with E-state index >= 15 is 0 Å². The molecule has 0 aliphatic carbocycles. The van der Waals surface area contributed by atoms with Gasteiger partial charge >= 0.3 is 0 Å². The summed E-state index contributed by atoms with van der Waals surface area (Å²) in [5, 5.41) is 0. The van der Waals surface area contributed by atoms with E-state index < -0.39 is 0 Å². The minimum atomic E-state index is 0. The van der Waals surface area contributed by atoms with Gasteiger partial charge < -0.3 is 0 Å². The third kappa shape index (κ3) is 20.5. The van der Waals surface area contributed by atoms with Gasteiger partial charge in [0.1, 0.15) is 0 Å². The fourth-order valence-corrected chi connectivity index (χ4v) is 0. The van der Waals surface area contributed by atoms with Crippen LogP contribution in [0.4, 0.5) is 0 Å². The molecule has 0 bridgehead atoms. The number of hydrogen-bond donors (Lipinski definition) is 0. The SMILES string of the molecule is [Cr].[Cr].[Cr].[Cu].[Cu]. The van der Waals surface area contributed by atoms with Crippen molar-refractivity contribution in [1.29, 1.82) is 0 Å². The molecule has 0 nitrogen and oxygen atoms in total. The standard InChI is InChI=1S/3Cr.2Cu. The quantitative estimate of drug-likeness (QED) is 0.549. The molecule has 0 rings (SSSR count). The molecule has 5 heteroatoms. The van der Waals surface area contributed by atoms with Crippen LogP contribution < -0.4 is 0 Å². The Hall–Kier alpha value is 2.64. The van der Waals surface area contributed by atoms with Crippen molar-refractivity contribution in [2.24, 2.45) is 0 Å². The molecule has 0 saturated heterocycles. The van der Waals surface area contributed by atoms with Gasteiger partial charge in [0, 0.05) is 86.2 Å². The van der Waals surface area contributed by atoms with Gasteiger partial charge in [-0.1, -0.05) is 0 Å². The first-order valence-corrected chi connectivity index (χ1v) is 0. The Bertz CT molecular complexity index is 4.85. The average molecular weight is 283 g/mol. The maximum absolute atomic E-state index is 0. The van der Waals surface area contributed by atoms with E-state index in [4.69, 9.17) is 0 Å². The van der Waals surface area contributed by atoms with Crippen molar-refractivity contribution >= 4 is 0 Å². The van der Waals surface area contributed by atoms with E-state index in [0.29, 0.717) is 0 Å². The minimum absolute atomic E-state index is 0. The summed E-state index contributed by atoms with van der Waals surface area (Å²) in [7, 11) is 0. The number of rotatable bonds is 0. The summed E-state index contributed by atoms with van der Waals surface area (Å²) in [5.74, 6) is 0. The fourth-order valence-electron chi connectivity index (χ4n) is 0. The maximum atomic E-state index is 0. The van der Waals surface area contributed by atoms with Gasteiger partial charge in [-0.2, -0.15) is 0 Å². The van der Waals surface area contributed by atoms with Gasteiger partial charge in [0.15, 0.2) is 0 Å². The van der Waals surface area contributed by atoms with Crippen molar-refractivity contribution in [1.82, 2.24) is 0 Å².